The fourth-order valence-electron chi connectivity index (χ4n) is 3.93. The topological polar surface area (TPSA) is 68.8 Å². The minimum Gasteiger partial charge on any atom is -0.355 e. The van der Waals surface area contributed by atoms with Crippen LogP contribution < -0.4 is 16.0 Å². The summed E-state index contributed by atoms with van der Waals surface area (Å²) in [6.07, 6.45) is 3.86. The summed E-state index contributed by atoms with van der Waals surface area (Å²) in [7, 11) is 1.80. The fraction of sp³-hybridized carbons (Fsp3) is 0.440. The molecule has 3 rings (SSSR count). The first-order valence-corrected chi connectivity index (χ1v) is 11.3. The average molecular weight is 550 g/mol. The second-order valence-corrected chi connectivity index (χ2v) is 8.05. The molecule has 1 fully saturated rings. The van der Waals surface area contributed by atoms with E-state index in [9.17, 15) is 4.79 Å². The quantitative estimate of drug-likeness (QED) is 0.247. The van der Waals surface area contributed by atoms with E-state index in [0.29, 0.717) is 19.0 Å². The van der Waals surface area contributed by atoms with Gasteiger partial charge in [0.15, 0.2) is 5.96 Å². The second-order valence-electron chi connectivity index (χ2n) is 8.05. The molecule has 1 amide bonds. The number of nitrogens with zero attached hydrogens (tertiary/aromatic N) is 2. The van der Waals surface area contributed by atoms with Crippen molar-refractivity contribution in [3.63, 3.8) is 0 Å². The summed E-state index contributed by atoms with van der Waals surface area (Å²) in [6.45, 7) is 5.72. The van der Waals surface area contributed by atoms with Crippen LogP contribution in [-0.2, 0) is 17.9 Å². The van der Waals surface area contributed by atoms with Crippen molar-refractivity contribution in [3.05, 3.63) is 65.7 Å². The van der Waals surface area contributed by atoms with Crippen molar-refractivity contribution in [1.29, 1.82) is 0 Å². The van der Waals surface area contributed by atoms with E-state index >= 15 is 0 Å². The van der Waals surface area contributed by atoms with Gasteiger partial charge in [-0.2, -0.15) is 0 Å². The van der Waals surface area contributed by atoms with E-state index in [1.165, 1.54) is 18.4 Å². The molecular formula is C25H36IN5O. The molecule has 0 bridgehead atoms. The van der Waals surface area contributed by atoms with Crippen LogP contribution in [-0.4, -0.2) is 42.9 Å². The SMILES string of the molecule is CCCC(=O)Nc1ccc(CNC(=NC)NCC2CCCN2Cc2ccccc2)cc1.I. The molecule has 32 heavy (non-hydrogen) atoms. The Morgan fingerprint density at radius 3 is 2.50 bits per heavy atom. The molecule has 2 aromatic rings. The number of hydrogen-bond acceptors (Lipinski definition) is 3. The lowest BCUT2D eigenvalue weighted by atomic mass is 10.2. The van der Waals surface area contributed by atoms with Crippen LogP contribution in [0.1, 0.15) is 43.7 Å². The zero-order valence-corrected chi connectivity index (χ0v) is 21.5. The van der Waals surface area contributed by atoms with Gasteiger partial charge < -0.3 is 16.0 Å². The highest BCUT2D eigenvalue weighted by atomic mass is 127. The molecule has 174 valence electrons. The van der Waals surface area contributed by atoms with Crippen LogP contribution >= 0.6 is 24.0 Å². The number of guanidine groups is 1. The van der Waals surface area contributed by atoms with Crippen molar-refractivity contribution in [1.82, 2.24) is 15.5 Å². The molecule has 1 unspecified atom stereocenters. The van der Waals surface area contributed by atoms with Gasteiger partial charge in [-0.05, 0) is 49.1 Å². The van der Waals surface area contributed by atoms with Gasteiger partial charge in [-0.1, -0.05) is 49.4 Å². The summed E-state index contributed by atoms with van der Waals surface area (Å²) in [5.41, 5.74) is 3.35. The number of anilines is 1. The molecule has 6 nitrogen and oxygen atoms in total. The van der Waals surface area contributed by atoms with E-state index in [2.05, 4.69) is 56.2 Å². The summed E-state index contributed by atoms with van der Waals surface area (Å²) < 4.78 is 0. The molecule has 0 radical (unpaired) electrons. The van der Waals surface area contributed by atoms with Gasteiger partial charge in [-0.15, -0.1) is 24.0 Å². The lowest BCUT2D eigenvalue weighted by molar-refractivity contribution is -0.116. The molecule has 0 aliphatic carbocycles. The molecule has 3 N–H and O–H groups in total. The zero-order chi connectivity index (χ0) is 21.9. The van der Waals surface area contributed by atoms with Gasteiger partial charge in [0.05, 0.1) is 0 Å². The maximum absolute atomic E-state index is 11.7. The first-order chi connectivity index (χ1) is 15.2. The second kappa shape index (κ2) is 14.1. The number of likely N-dealkylation sites (tertiary alicyclic amines) is 1. The molecule has 1 atom stereocenters. The third-order valence-electron chi connectivity index (χ3n) is 5.63. The molecule has 2 aromatic carbocycles. The Labute approximate surface area is 209 Å². The van der Waals surface area contributed by atoms with Crippen molar-refractivity contribution in [2.45, 2.75) is 51.7 Å². The number of benzene rings is 2. The normalized spacial score (nSPS) is 16.3. The van der Waals surface area contributed by atoms with Crippen LogP contribution in [0.2, 0.25) is 0 Å². The van der Waals surface area contributed by atoms with Gasteiger partial charge in [-0.25, -0.2) is 0 Å². The Balaban J connectivity index is 0.00000363. The Hall–Kier alpha value is -2.13. The van der Waals surface area contributed by atoms with E-state index in [-0.39, 0.29) is 29.9 Å². The summed E-state index contributed by atoms with van der Waals surface area (Å²) in [4.78, 5) is 18.6. The first kappa shape index (κ1) is 26.1. The number of hydrogen-bond donors (Lipinski definition) is 3. The lowest BCUT2D eigenvalue weighted by Gasteiger charge is -2.25. The van der Waals surface area contributed by atoms with Crippen molar-refractivity contribution in [2.75, 3.05) is 25.5 Å². The predicted molar refractivity (Wildman–Crippen MR) is 143 cm³/mol. The number of aliphatic imine (C=N–C) groups is 1. The van der Waals surface area contributed by atoms with E-state index in [0.717, 1.165) is 43.3 Å². The van der Waals surface area contributed by atoms with Crippen LogP contribution in [0.4, 0.5) is 5.69 Å². The maximum atomic E-state index is 11.7. The minimum atomic E-state index is 0. The van der Waals surface area contributed by atoms with Gasteiger partial charge in [0.25, 0.3) is 0 Å². The van der Waals surface area contributed by atoms with Gasteiger partial charge in [0, 0.05) is 44.8 Å². The Kier molecular flexibility index (Phi) is 11.5. The molecule has 1 saturated heterocycles. The van der Waals surface area contributed by atoms with Crippen LogP contribution in [0.5, 0.6) is 0 Å². The van der Waals surface area contributed by atoms with E-state index < -0.39 is 0 Å². The van der Waals surface area contributed by atoms with Gasteiger partial charge in [0.1, 0.15) is 0 Å². The lowest BCUT2D eigenvalue weighted by Crippen LogP contribution is -2.44. The highest BCUT2D eigenvalue weighted by Crippen LogP contribution is 2.19. The third-order valence-corrected chi connectivity index (χ3v) is 5.63. The zero-order valence-electron chi connectivity index (χ0n) is 19.1. The first-order valence-electron chi connectivity index (χ1n) is 11.3. The summed E-state index contributed by atoms with van der Waals surface area (Å²) in [6, 6.07) is 19.1. The van der Waals surface area contributed by atoms with Gasteiger partial charge in [0.2, 0.25) is 5.91 Å². The smallest absolute Gasteiger partial charge is 0.224 e. The molecule has 1 heterocycles. The van der Waals surface area contributed by atoms with Crippen LogP contribution in [0.25, 0.3) is 0 Å². The fourth-order valence-corrected chi connectivity index (χ4v) is 3.93. The number of halogens is 1. The van der Waals surface area contributed by atoms with Crippen LogP contribution in [0, 0.1) is 0 Å². The average Bonchev–Trinajstić information content (AvgIpc) is 3.22. The molecule has 0 spiro atoms. The van der Waals surface area contributed by atoms with Crippen LogP contribution in [0.15, 0.2) is 59.6 Å². The summed E-state index contributed by atoms with van der Waals surface area (Å²) in [5.74, 6) is 0.873. The predicted octanol–water partition coefficient (Wildman–Crippen LogP) is 4.37. The number of nitrogens with one attached hydrogen (secondary N) is 3. The number of amides is 1. The Morgan fingerprint density at radius 1 is 1.06 bits per heavy atom. The van der Waals surface area contributed by atoms with E-state index in [1.54, 1.807) is 7.05 Å². The maximum Gasteiger partial charge on any atom is 0.224 e. The van der Waals surface area contributed by atoms with Crippen LogP contribution in [0.3, 0.4) is 0 Å². The molecule has 7 heteroatoms. The molecule has 0 saturated carbocycles. The van der Waals surface area contributed by atoms with Gasteiger partial charge in [-0.3, -0.25) is 14.7 Å². The molecule has 1 aliphatic rings. The number of carbonyl (C=O) groups excluding carboxylic acids is 1. The molecule has 0 aromatic heterocycles. The third kappa shape index (κ3) is 8.43. The minimum absolute atomic E-state index is 0. The van der Waals surface area contributed by atoms with Crippen molar-refractivity contribution in [2.24, 2.45) is 4.99 Å². The van der Waals surface area contributed by atoms with Crippen molar-refractivity contribution < 1.29 is 4.79 Å². The highest BCUT2D eigenvalue weighted by molar-refractivity contribution is 14.0. The Morgan fingerprint density at radius 2 is 1.81 bits per heavy atom. The van der Waals surface area contributed by atoms with Crippen molar-refractivity contribution >= 4 is 41.5 Å². The summed E-state index contributed by atoms with van der Waals surface area (Å²) >= 11 is 0. The van der Waals surface area contributed by atoms with Crippen molar-refractivity contribution in [3.8, 4) is 0 Å². The number of carbonyl (C=O) groups is 1. The molecular weight excluding hydrogens is 513 g/mol. The van der Waals surface area contributed by atoms with E-state index in [4.69, 9.17) is 0 Å². The monoisotopic (exact) mass is 549 g/mol. The number of rotatable bonds is 9. The van der Waals surface area contributed by atoms with E-state index in [1.807, 2.05) is 31.2 Å². The molecule has 1 aliphatic heterocycles. The summed E-state index contributed by atoms with van der Waals surface area (Å²) in [5, 5.41) is 9.80. The Bertz CT molecular complexity index is 841. The standard InChI is InChI=1S/C25H35N5O.HI/c1-3-8-24(31)29-22-14-12-20(13-15-22)17-27-25(26-2)28-18-23-11-7-16-30(23)19-21-9-5-4-6-10-21;/h4-6,9-10,12-15,23H,3,7-8,11,16-19H2,1-2H3,(H,29,31)(H2,26,27,28);1H. The van der Waals surface area contributed by atoms with Gasteiger partial charge >= 0.3 is 0 Å². The largest absolute Gasteiger partial charge is 0.355 e. The highest BCUT2D eigenvalue weighted by Gasteiger charge is 2.24.